The second-order valence-electron chi connectivity index (χ2n) is 4.94. The number of benzene rings is 2. The van der Waals surface area contributed by atoms with E-state index in [1.165, 1.54) is 14.2 Å². The summed E-state index contributed by atoms with van der Waals surface area (Å²) in [6.45, 7) is 2.36. The van der Waals surface area contributed by atoms with Crippen molar-refractivity contribution in [2.24, 2.45) is 0 Å². The summed E-state index contributed by atoms with van der Waals surface area (Å²) in [6.07, 6.45) is 0. The lowest BCUT2D eigenvalue weighted by Crippen LogP contribution is -2.13. The molecule has 1 amide bonds. The molecule has 0 unspecified atom stereocenters. The van der Waals surface area contributed by atoms with E-state index < -0.39 is 0 Å². The van der Waals surface area contributed by atoms with E-state index in [9.17, 15) is 4.79 Å². The largest absolute Gasteiger partial charge is 0.497 e. The molecular formula is C18H20BrNO5. The van der Waals surface area contributed by atoms with Crippen LogP contribution in [0.15, 0.2) is 34.8 Å². The Morgan fingerprint density at radius 2 is 1.76 bits per heavy atom. The average molecular weight is 410 g/mol. The predicted octanol–water partition coefficient (Wildman–Crippen LogP) is 4.13. The second kappa shape index (κ2) is 8.62. The number of hydrogen-bond acceptors (Lipinski definition) is 5. The molecule has 2 aromatic carbocycles. The smallest absolute Gasteiger partial charge is 0.255 e. The Morgan fingerprint density at radius 1 is 1.04 bits per heavy atom. The van der Waals surface area contributed by atoms with Crippen LogP contribution >= 0.6 is 15.9 Å². The monoisotopic (exact) mass is 409 g/mol. The molecule has 0 aliphatic carbocycles. The highest BCUT2D eigenvalue weighted by molar-refractivity contribution is 9.10. The maximum atomic E-state index is 12.6. The molecule has 7 heteroatoms. The summed E-state index contributed by atoms with van der Waals surface area (Å²) < 4.78 is 22.0. The molecule has 2 rings (SSSR count). The van der Waals surface area contributed by atoms with Crippen LogP contribution in [0.3, 0.4) is 0 Å². The molecule has 2 aromatic rings. The highest BCUT2D eigenvalue weighted by Crippen LogP contribution is 2.37. The van der Waals surface area contributed by atoms with Gasteiger partial charge in [0.15, 0.2) is 11.5 Å². The number of halogens is 1. The van der Waals surface area contributed by atoms with Crippen LogP contribution in [0.25, 0.3) is 0 Å². The fourth-order valence-electron chi connectivity index (χ4n) is 2.24. The molecule has 0 bridgehead atoms. The SMILES string of the molecule is CCOc1c(Br)cc(C(=O)Nc2cc(OC)ccc2OC)cc1OC. The number of methoxy groups -OCH3 is 3. The Hall–Kier alpha value is -2.41. The lowest BCUT2D eigenvalue weighted by Gasteiger charge is -2.15. The first-order valence-corrected chi connectivity index (χ1v) is 8.37. The van der Waals surface area contributed by atoms with Gasteiger partial charge in [-0.3, -0.25) is 4.79 Å². The third-order valence-corrected chi connectivity index (χ3v) is 4.02. The number of ether oxygens (including phenoxy) is 4. The maximum absolute atomic E-state index is 12.6. The zero-order valence-electron chi connectivity index (χ0n) is 14.5. The molecule has 0 saturated heterocycles. The Bertz CT molecular complexity index is 763. The Morgan fingerprint density at radius 3 is 2.36 bits per heavy atom. The first-order valence-electron chi connectivity index (χ1n) is 7.57. The first-order chi connectivity index (χ1) is 12.0. The van der Waals surface area contributed by atoms with Crippen LogP contribution < -0.4 is 24.3 Å². The minimum atomic E-state index is -0.311. The van der Waals surface area contributed by atoms with Crippen LogP contribution in [0.4, 0.5) is 5.69 Å². The Kier molecular flexibility index (Phi) is 6.52. The predicted molar refractivity (Wildman–Crippen MR) is 99.4 cm³/mol. The van der Waals surface area contributed by atoms with Crippen LogP contribution in [-0.2, 0) is 0 Å². The Balaban J connectivity index is 2.34. The van der Waals surface area contributed by atoms with E-state index in [4.69, 9.17) is 18.9 Å². The molecule has 134 valence electrons. The number of hydrogen-bond donors (Lipinski definition) is 1. The van der Waals surface area contributed by atoms with E-state index in [0.29, 0.717) is 45.3 Å². The number of anilines is 1. The normalized spacial score (nSPS) is 10.1. The molecule has 0 fully saturated rings. The molecule has 6 nitrogen and oxygen atoms in total. The lowest BCUT2D eigenvalue weighted by molar-refractivity contribution is 0.102. The van der Waals surface area contributed by atoms with E-state index in [0.717, 1.165) is 0 Å². The summed E-state index contributed by atoms with van der Waals surface area (Å²) in [6, 6.07) is 8.47. The van der Waals surface area contributed by atoms with Crippen molar-refractivity contribution < 1.29 is 23.7 Å². The molecular weight excluding hydrogens is 390 g/mol. The number of amides is 1. The zero-order chi connectivity index (χ0) is 18.4. The summed E-state index contributed by atoms with van der Waals surface area (Å²) in [5.74, 6) is 1.86. The molecule has 25 heavy (non-hydrogen) atoms. The number of carbonyl (C=O) groups excluding carboxylic acids is 1. The second-order valence-corrected chi connectivity index (χ2v) is 5.80. The van der Waals surface area contributed by atoms with Gasteiger partial charge in [0.05, 0.1) is 38.1 Å². The fourth-order valence-corrected chi connectivity index (χ4v) is 2.80. The topological polar surface area (TPSA) is 66.0 Å². The van der Waals surface area contributed by atoms with E-state index in [1.807, 2.05) is 6.92 Å². The molecule has 0 atom stereocenters. The molecule has 0 spiro atoms. The van der Waals surface area contributed by atoms with Gasteiger partial charge in [-0.05, 0) is 47.1 Å². The highest BCUT2D eigenvalue weighted by atomic mass is 79.9. The van der Waals surface area contributed by atoms with Crippen LogP contribution in [0.2, 0.25) is 0 Å². The van der Waals surface area contributed by atoms with Crippen molar-refractivity contribution >= 4 is 27.5 Å². The van der Waals surface area contributed by atoms with Gasteiger partial charge >= 0.3 is 0 Å². The lowest BCUT2D eigenvalue weighted by atomic mass is 10.1. The van der Waals surface area contributed by atoms with Crippen molar-refractivity contribution in [1.82, 2.24) is 0 Å². The summed E-state index contributed by atoms with van der Waals surface area (Å²) in [4.78, 5) is 12.6. The number of carbonyl (C=O) groups is 1. The minimum Gasteiger partial charge on any atom is -0.497 e. The third kappa shape index (κ3) is 4.36. The van der Waals surface area contributed by atoms with Crippen molar-refractivity contribution in [3.63, 3.8) is 0 Å². The van der Waals surface area contributed by atoms with E-state index in [1.54, 1.807) is 37.4 Å². The summed E-state index contributed by atoms with van der Waals surface area (Å²) in [5.41, 5.74) is 0.924. The molecule has 0 aliphatic rings. The standard InChI is InChI=1S/C18H20BrNO5/c1-5-25-17-13(19)8-11(9-16(17)24-4)18(21)20-14-10-12(22-2)6-7-15(14)23-3/h6-10H,5H2,1-4H3,(H,20,21). The molecule has 0 radical (unpaired) electrons. The van der Waals surface area contributed by atoms with Crippen LogP contribution in [0.5, 0.6) is 23.0 Å². The first kappa shape index (κ1) is 18.9. The minimum absolute atomic E-state index is 0.311. The van der Waals surface area contributed by atoms with Crippen molar-refractivity contribution in [2.45, 2.75) is 6.92 Å². The molecule has 0 saturated carbocycles. The Labute approximate surface area is 155 Å². The van der Waals surface area contributed by atoms with Crippen LogP contribution in [0.1, 0.15) is 17.3 Å². The van der Waals surface area contributed by atoms with Crippen molar-refractivity contribution in [2.75, 3.05) is 33.3 Å². The fraction of sp³-hybridized carbons (Fsp3) is 0.278. The van der Waals surface area contributed by atoms with Gasteiger partial charge in [-0.2, -0.15) is 0 Å². The van der Waals surface area contributed by atoms with Gasteiger partial charge in [-0.1, -0.05) is 0 Å². The van der Waals surface area contributed by atoms with E-state index in [2.05, 4.69) is 21.2 Å². The van der Waals surface area contributed by atoms with Crippen molar-refractivity contribution in [1.29, 1.82) is 0 Å². The van der Waals surface area contributed by atoms with Crippen LogP contribution in [0, 0.1) is 0 Å². The van der Waals surface area contributed by atoms with Gasteiger partial charge in [0.1, 0.15) is 11.5 Å². The van der Waals surface area contributed by atoms with Gasteiger partial charge in [-0.15, -0.1) is 0 Å². The number of nitrogens with one attached hydrogen (secondary N) is 1. The zero-order valence-corrected chi connectivity index (χ0v) is 16.1. The summed E-state index contributed by atoms with van der Waals surface area (Å²) in [7, 11) is 4.62. The van der Waals surface area contributed by atoms with Gasteiger partial charge < -0.3 is 24.3 Å². The quantitative estimate of drug-likeness (QED) is 0.744. The molecule has 1 N–H and O–H groups in total. The van der Waals surface area contributed by atoms with Gasteiger partial charge in [0.2, 0.25) is 0 Å². The number of rotatable bonds is 7. The summed E-state index contributed by atoms with van der Waals surface area (Å²) >= 11 is 3.41. The molecule has 0 heterocycles. The van der Waals surface area contributed by atoms with Crippen molar-refractivity contribution in [3.8, 4) is 23.0 Å². The molecule has 0 aromatic heterocycles. The third-order valence-electron chi connectivity index (χ3n) is 3.44. The average Bonchev–Trinajstić information content (AvgIpc) is 2.63. The van der Waals surface area contributed by atoms with E-state index >= 15 is 0 Å². The highest BCUT2D eigenvalue weighted by Gasteiger charge is 2.17. The van der Waals surface area contributed by atoms with E-state index in [-0.39, 0.29) is 5.91 Å². The van der Waals surface area contributed by atoms with Crippen molar-refractivity contribution in [3.05, 3.63) is 40.4 Å². The maximum Gasteiger partial charge on any atom is 0.255 e. The van der Waals surface area contributed by atoms with Crippen LogP contribution in [-0.4, -0.2) is 33.8 Å². The van der Waals surface area contributed by atoms with Gasteiger partial charge in [0, 0.05) is 11.6 Å². The summed E-state index contributed by atoms with van der Waals surface area (Å²) in [5, 5.41) is 2.82. The van der Waals surface area contributed by atoms with Gasteiger partial charge in [0.25, 0.3) is 5.91 Å². The molecule has 0 aliphatic heterocycles. The van der Waals surface area contributed by atoms with Gasteiger partial charge in [-0.25, -0.2) is 0 Å².